The highest BCUT2D eigenvalue weighted by molar-refractivity contribution is 5.96. The fourth-order valence-electron chi connectivity index (χ4n) is 2.96. The summed E-state index contributed by atoms with van der Waals surface area (Å²) in [6, 6.07) is 6.24. The Balaban J connectivity index is 2.19. The van der Waals surface area contributed by atoms with E-state index >= 15 is 0 Å². The number of aryl methyl sites for hydroxylation is 4. The van der Waals surface area contributed by atoms with Crippen molar-refractivity contribution in [2.75, 3.05) is 0 Å². The second-order valence-electron chi connectivity index (χ2n) is 5.07. The molecule has 1 aliphatic rings. The molecule has 1 N–H and O–H groups in total. The Kier molecular flexibility index (Phi) is 2.66. The van der Waals surface area contributed by atoms with Gasteiger partial charge in [-0.05, 0) is 43.4 Å². The maximum atomic E-state index is 11.4. The summed E-state index contributed by atoms with van der Waals surface area (Å²) in [5, 5.41) is 13.6. The molecule has 0 amide bonds. The average Bonchev–Trinajstić information content (AvgIpc) is 2.91. The molecule has 2 aromatic rings. The van der Waals surface area contributed by atoms with Crippen molar-refractivity contribution in [1.82, 2.24) is 9.78 Å². The SMILES string of the molecule is Cc1nn(C)c(-c2ccc3c(c2)CCC3)c1C(=O)O. The van der Waals surface area contributed by atoms with Crippen LogP contribution in [0.4, 0.5) is 0 Å². The van der Waals surface area contributed by atoms with E-state index in [1.54, 1.807) is 18.7 Å². The van der Waals surface area contributed by atoms with Crippen LogP contribution < -0.4 is 0 Å². The van der Waals surface area contributed by atoms with Gasteiger partial charge < -0.3 is 5.11 Å². The molecule has 1 heterocycles. The molecule has 3 rings (SSSR count). The summed E-state index contributed by atoms with van der Waals surface area (Å²) in [5.41, 5.74) is 5.24. The van der Waals surface area contributed by atoms with Crippen molar-refractivity contribution < 1.29 is 9.90 Å². The number of fused-ring (bicyclic) bond motifs is 1. The Hall–Kier alpha value is -2.10. The van der Waals surface area contributed by atoms with Crippen molar-refractivity contribution in [1.29, 1.82) is 0 Å². The molecule has 0 bridgehead atoms. The first-order valence-corrected chi connectivity index (χ1v) is 6.47. The highest BCUT2D eigenvalue weighted by atomic mass is 16.4. The largest absolute Gasteiger partial charge is 0.478 e. The van der Waals surface area contributed by atoms with Crippen molar-refractivity contribution in [3.05, 3.63) is 40.6 Å². The zero-order valence-corrected chi connectivity index (χ0v) is 11.1. The third-order valence-corrected chi connectivity index (χ3v) is 3.81. The molecule has 0 unspecified atom stereocenters. The summed E-state index contributed by atoms with van der Waals surface area (Å²) in [6.45, 7) is 1.74. The van der Waals surface area contributed by atoms with Crippen LogP contribution in [0.25, 0.3) is 11.3 Å². The molecule has 0 fully saturated rings. The minimum Gasteiger partial charge on any atom is -0.478 e. The van der Waals surface area contributed by atoms with E-state index < -0.39 is 5.97 Å². The van der Waals surface area contributed by atoms with E-state index in [1.165, 1.54) is 17.5 Å². The van der Waals surface area contributed by atoms with Crippen molar-refractivity contribution >= 4 is 5.97 Å². The first-order valence-electron chi connectivity index (χ1n) is 6.47. The average molecular weight is 256 g/mol. The van der Waals surface area contributed by atoms with Crippen LogP contribution in [0.1, 0.15) is 33.6 Å². The molecular formula is C15H16N2O2. The van der Waals surface area contributed by atoms with Crippen LogP contribution in [0.5, 0.6) is 0 Å². The molecule has 0 saturated heterocycles. The minimum atomic E-state index is -0.916. The molecule has 0 saturated carbocycles. The Morgan fingerprint density at radius 2 is 2.05 bits per heavy atom. The summed E-state index contributed by atoms with van der Waals surface area (Å²) in [5.74, 6) is -0.916. The van der Waals surface area contributed by atoms with Gasteiger partial charge in [0, 0.05) is 12.6 Å². The van der Waals surface area contributed by atoms with Gasteiger partial charge in [0.1, 0.15) is 5.56 Å². The molecule has 4 heteroatoms. The molecule has 1 aromatic carbocycles. The number of hydrogen-bond donors (Lipinski definition) is 1. The number of hydrogen-bond acceptors (Lipinski definition) is 2. The van der Waals surface area contributed by atoms with Gasteiger partial charge in [-0.15, -0.1) is 0 Å². The van der Waals surface area contributed by atoms with Crippen molar-refractivity contribution in [2.45, 2.75) is 26.2 Å². The maximum Gasteiger partial charge on any atom is 0.339 e. The Morgan fingerprint density at radius 1 is 1.32 bits per heavy atom. The summed E-state index contributed by atoms with van der Waals surface area (Å²) in [4.78, 5) is 11.4. The lowest BCUT2D eigenvalue weighted by atomic mass is 10.0. The number of benzene rings is 1. The number of carboxylic acids is 1. The Morgan fingerprint density at radius 3 is 2.79 bits per heavy atom. The van der Waals surface area contributed by atoms with E-state index in [1.807, 2.05) is 6.07 Å². The third-order valence-electron chi connectivity index (χ3n) is 3.81. The number of aromatic nitrogens is 2. The lowest BCUT2D eigenvalue weighted by Crippen LogP contribution is -2.02. The highest BCUT2D eigenvalue weighted by Gasteiger charge is 2.22. The molecular weight excluding hydrogens is 240 g/mol. The molecule has 98 valence electrons. The lowest BCUT2D eigenvalue weighted by Gasteiger charge is -2.07. The fourth-order valence-corrected chi connectivity index (χ4v) is 2.96. The summed E-state index contributed by atoms with van der Waals surface area (Å²) < 4.78 is 1.66. The van der Waals surface area contributed by atoms with Gasteiger partial charge in [0.15, 0.2) is 0 Å². The van der Waals surface area contributed by atoms with Gasteiger partial charge in [0.25, 0.3) is 0 Å². The van der Waals surface area contributed by atoms with Crippen LogP contribution in [-0.2, 0) is 19.9 Å². The van der Waals surface area contributed by atoms with Gasteiger partial charge in [-0.3, -0.25) is 4.68 Å². The van der Waals surface area contributed by atoms with Crippen molar-refractivity contribution in [2.24, 2.45) is 7.05 Å². The predicted molar refractivity (Wildman–Crippen MR) is 72.4 cm³/mol. The van der Waals surface area contributed by atoms with Crippen LogP contribution in [-0.4, -0.2) is 20.9 Å². The normalized spacial score (nSPS) is 13.6. The number of aromatic carboxylic acids is 1. The summed E-state index contributed by atoms with van der Waals surface area (Å²) in [6.07, 6.45) is 3.41. The molecule has 0 aliphatic heterocycles. The first-order chi connectivity index (χ1) is 9.08. The van der Waals surface area contributed by atoms with Gasteiger partial charge in [-0.1, -0.05) is 12.1 Å². The molecule has 19 heavy (non-hydrogen) atoms. The second-order valence-corrected chi connectivity index (χ2v) is 5.07. The zero-order chi connectivity index (χ0) is 13.6. The van der Waals surface area contributed by atoms with E-state index in [4.69, 9.17) is 0 Å². The molecule has 0 spiro atoms. The van der Waals surface area contributed by atoms with Crippen LogP contribution in [0.3, 0.4) is 0 Å². The standard InChI is InChI=1S/C15H16N2O2/c1-9-13(15(18)19)14(17(2)16-9)12-7-6-10-4-3-5-11(10)8-12/h6-8H,3-5H2,1-2H3,(H,18,19). The zero-order valence-electron chi connectivity index (χ0n) is 11.1. The topological polar surface area (TPSA) is 55.1 Å². The highest BCUT2D eigenvalue weighted by Crippen LogP contribution is 2.30. The number of rotatable bonds is 2. The quantitative estimate of drug-likeness (QED) is 0.898. The van der Waals surface area contributed by atoms with Crippen LogP contribution in [0, 0.1) is 6.92 Å². The Labute approximate surface area is 111 Å². The van der Waals surface area contributed by atoms with Gasteiger partial charge in [-0.2, -0.15) is 5.10 Å². The molecule has 0 atom stereocenters. The second kappa shape index (κ2) is 4.23. The predicted octanol–water partition coefficient (Wildman–Crippen LogP) is 2.58. The van der Waals surface area contributed by atoms with Crippen LogP contribution in [0.2, 0.25) is 0 Å². The first kappa shape index (κ1) is 12.0. The van der Waals surface area contributed by atoms with Crippen molar-refractivity contribution in [3.8, 4) is 11.3 Å². The number of carbonyl (C=O) groups is 1. The van der Waals surface area contributed by atoms with E-state index in [0.717, 1.165) is 18.4 Å². The minimum absolute atomic E-state index is 0.306. The van der Waals surface area contributed by atoms with E-state index in [2.05, 4.69) is 17.2 Å². The van der Waals surface area contributed by atoms with E-state index in [-0.39, 0.29) is 0 Å². The van der Waals surface area contributed by atoms with E-state index in [9.17, 15) is 9.90 Å². The van der Waals surface area contributed by atoms with E-state index in [0.29, 0.717) is 17.0 Å². The van der Waals surface area contributed by atoms with Gasteiger partial charge in [0.05, 0.1) is 11.4 Å². The number of nitrogens with zero attached hydrogens (tertiary/aromatic N) is 2. The van der Waals surface area contributed by atoms with Gasteiger partial charge in [-0.25, -0.2) is 4.79 Å². The van der Waals surface area contributed by atoms with Crippen LogP contribution >= 0.6 is 0 Å². The molecule has 1 aromatic heterocycles. The van der Waals surface area contributed by atoms with Gasteiger partial charge >= 0.3 is 5.97 Å². The molecule has 1 aliphatic carbocycles. The summed E-state index contributed by atoms with van der Waals surface area (Å²) in [7, 11) is 1.79. The lowest BCUT2D eigenvalue weighted by molar-refractivity contribution is 0.0697. The maximum absolute atomic E-state index is 11.4. The molecule has 4 nitrogen and oxygen atoms in total. The number of carboxylic acid groups (broad SMARTS) is 1. The van der Waals surface area contributed by atoms with Gasteiger partial charge in [0.2, 0.25) is 0 Å². The summed E-state index contributed by atoms with van der Waals surface area (Å²) >= 11 is 0. The Bertz CT molecular complexity index is 671. The monoisotopic (exact) mass is 256 g/mol. The van der Waals surface area contributed by atoms with Crippen molar-refractivity contribution in [3.63, 3.8) is 0 Å². The molecule has 0 radical (unpaired) electrons. The third kappa shape index (κ3) is 1.84. The van der Waals surface area contributed by atoms with Crippen LogP contribution in [0.15, 0.2) is 18.2 Å². The fraction of sp³-hybridized carbons (Fsp3) is 0.333. The smallest absolute Gasteiger partial charge is 0.339 e.